The van der Waals surface area contributed by atoms with Gasteiger partial charge in [0.1, 0.15) is 0 Å². The summed E-state index contributed by atoms with van der Waals surface area (Å²) in [6.45, 7) is 0.924. The molecule has 2 aromatic carbocycles. The SMILES string of the molecule is COCc1ccccc1CNC(=O)c1ccc(N)cc1Cl. The fourth-order valence-corrected chi connectivity index (χ4v) is 2.29. The van der Waals surface area contributed by atoms with Crippen molar-refractivity contribution in [1.29, 1.82) is 0 Å². The summed E-state index contributed by atoms with van der Waals surface area (Å²) in [5.74, 6) is -0.229. The zero-order chi connectivity index (χ0) is 15.2. The summed E-state index contributed by atoms with van der Waals surface area (Å²) in [6, 6.07) is 12.6. The highest BCUT2D eigenvalue weighted by Crippen LogP contribution is 2.19. The molecule has 0 fully saturated rings. The van der Waals surface area contributed by atoms with Crippen molar-refractivity contribution >= 4 is 23.2 Å². The standard InChI is InChI=1S/C16H17ClN2O2/c1-21-10-12-5-3-2-4-11(12)9-19-16(20)14-7-6-13(18)8-15(14)17/h2-8H,9-10,18H2,1H3,(H,19,20). The molecule has 0 heterocycles. The Kier molecular flexibility index (Phi) is 5.20. The Bertz CT molecular complexity index is 644. The fourth-order valence-electron chi connectivity index (χ4n) is 2.01. The van der Waals surface area contributed by atoms with E-state index >= 15 is 0 Å². The molecule has 0 saturated heterocycles. The van der Waals surface area contributed by atoms with Gasteiger partial charge in [0.2, 0.25) is 0 Å². The van der Waals surface area contributed by atoms with E-state index in [2.05, 4.69) is 5.32 Å². The van der Waals surface area contributed by atoms with Gasteiger partial charge in [-0.15, -0.1) is 0 Å². The summed E-state index contributed by atoms with van der Waals surface area (Å²) in [7, 11) is 1.64. The van der Waals surface area contributed by atoms with Crippen LogP contribution in [0.2, 0.25) is 5.02 Å². The second kappa shape index (κ2) is 7.11. The minimum absolute atomic E-state index is 0.229. The van der Waals surface area contributed by atoms with E-state index in [1.807, 2.05) is 24.3 Å². The molecule has 2 rings (SSSR count). The van der Waals surface area contributed by atoms with Crippen LogP contribution in [0.5, 0.6) is 0 Å². The molecule has 2 aromatic rings. The van der Waals surface area contributed by atoms with Crippen LogP contribution in [0.25, 0.3) is 0 Å². The summed E-state index contributed by atoms with van der Waals surface area (Å²) < 4.78 is 5.14. The second-order valence-electron chi connectivity index (χ2n) is 4.62. The van der Waals surface area contributed by atoms with E-state index in [-0.39, 0.29) is 5.91 Å². The number of carbonyl (C=O) groups is 1. The van der Waals surface area contributed by atoms with Gasteiger partial charge >= 0.3 is 0 Å². The van der Waals surface area contributed by atoms with Gasteiger partial charge in [0, 0.05) is 19.3 Å². The van der Waals surface area contributed by atoms with E-state index in [0.29, 0.717) is 29.4 Å². The van der Waals surface area contributed by atoms with Crippen LogP contribution in [0.3, 0.4) is 0 Å². The van der Waals surface area contributed by atoms with Crippen LogP contribution in [0.1, 0.15) is 21.5 Å². The fraction of sp³-hybridized carbons (Fsp3) is 0.188. The van der Waals surface area contributed by atoms with Crippen LogP contribution in [-0.2, 0) is 17.9 Å². The Morgan fingerprint density at radius 1 is 1.24 bits per heavy atom. The highest BCUT2D eigenvalue weighted by molar-refractivity contribution is 6.34. The Morgan fingerprint density at radius 2 is 1.95 bits per heavy atom. The first kappa shape index (κ1) is 15.4. The van der Waals surface area contributed by atoms with E-state index in [1.165, 1.54) is 0 Å². The third kappa shape index (κ3) is 3.97. The van der Waals surface area contributed by atoms with E-state index in [1.54, 1.807) is 25.3 Å². The molecule has 0 bridgehead atoms. The Hall–Kier alpha value is -2.04. The van der Waals surface area contributed by atoms with Crippen LogP contribution in [0, 0.1) is 0 Å². The number of nitrogen functional groups attached to an aromatic ring is 1. The molecule has 0 aliphatic rings. The van der Waals surface area contributed by atoms with E-state index in [9.17, 15) is 4.79 Å². The van der Waals surface area contributed by atoms with Gasteiger partial charge in [-0.1, -0.05) is 35.9 Å². The molecule has 1 amide bonds. The minimum atomic E-state index is -0.229. The van der Waals surface area contributed by atoms with E-state index in [0.717, 1.165) is 11.1 Å². The molecule has 0 atom stereocenters. The van der Waals surface area contributed by atoms with Gasteiger partial charge in [0.05, 0.1) is 17.2 Å². The largest absolute Gasteiger partial charge is 0.399 e. The third-order valence-corrected chi connectivity index (χ3v) is 3.41. The summed E-state index contributed by atoms with van der Waals surface area (Å²) in [6.07, 6.45) is 0. The van der Waals surface area contributed by atoms with Crippen molar-refractivity contribution in [2.24, 2.45) is 0 Å². The molecule has 0 radical (unpaired) electrons. The minimum Gasteiger partial charge on any atom is -0.399 e. The van der Waals surface area contributed by atoms with Crippen LogP contribution in [0.4, 0.5) is 5.69 Å². The normalized spacial score (nSPS) is 10.4. The van der Waals surface area contributed by atoms with Crippen LogP contribution < -0.4 is 11.1 Å². The highest BCUT2D eigenvalue weighted by Gasteiger charge is 2.11. The number of hydrogen-bond acceptors (Lipinski definition) is 3. The molecular weight excluding hydrogens is 288 g/mol. The maximum absolute atomic E-state index is 12.2. The summed E-state index contributed by atoms with van der Waals surface area (Å²) in [5.41, 5.74) is 8.62. The highest BCUT2D eigenvalue weighted by atomic mass is 35.5. The van der Waals surface area contributed by atoms with Crippen molar-refractivity contribution < 1.29 is 9.53 Å². The number of halogens is 1. The summed E-state index contributed by atoms with van der Waals surface area (Å²) in [4.78, 5) is 12.2. The monoisotopic (exact) mass is 304 g/mol. The average Bonchev–Trinajstić information content (AvgIpc) is 2.46. The van der Waals surface area contributed by atoms with E-state index < -0.39 is 0 Å². The lowest BCUT2D eigenvalue weighted by Gasteiger charge is -2.11. The number of benzene rings is 2. The summed E-state index contributed by atoms with van der Waals surface area (Å²) >= 11 is 6.03. The van der Waals surface area contributed by atoms with Gasteiger partial charge in [-0.25, -0.2) is 0 Å². The van der Waals surface area contributed by atoms with Crippen molar-refractivity contribution in [1.82, 2.24) is 5.32 Å². The Labute approximate surface area is 128 Å². The van der Waals surface area contributed by atoms with Gasteiger partial charge in [-0.2, -0.15) is 0 Å². The molecule has 0 aromatic heterocycles. The first-order valence-electron chi connectivity index (χ1n) is 6.50. The molecule has 4 nitrogen and oxygen atoms in total. The predicted molar refractivity (Wildman–Crippen MR) is 84.2 cm³/mol. The number of rotatable bonds is 5. The van der Waals surface area contributed by atoms with Gasteiger partial charge < -0.3 is 15.8 Å². The number of nitrogens with two attached hydrogens (primary N) is 1. The lowest BCUT2D eigenvalue weighted by Crippen LogP contribution is -2.23. The number of methoxy groups -OCH3 is 1. The molecular formula is C16H17ClN2O2. The number of ether oxygens (including phenoxy) is 1. The lowest BCUT2D eigenvalue weighted by molar-refractivity contribution is 0.0950. The number of hydrogen-bond donors (Lipinski definition) is 2. The topological polar surface area (TPSA) is 64.3 Å². The number of amides is 1. The van der Waals surface area contributed by atoms with Gasteiger partial charge in [-0.3, -0.25) is 4.79 Å². The number of carbonyl (C=O) groups excluding carboxylic acids is 1. The molecule has 0 aliphatic carbocycles. The number of nitrogens with one attached hydrogen (secondary N) is 1. The average molecular weight is 305 g/mol. The molecule has 0 saturated carbocycles. The first-order valence-corrected chi connectivity index (χ1v) is 6.88. The van der Waals surface area contributed by atoms with Gasteiger partial charge in [-0.05, 0) is 29.3 Å². The van der Waals surface area contributed by atoms with Crippen molar-refractivity contribution in [3.8, 4) is 0 Å². The molecule has 5 heteroatoms. The smallest absolute Gasteiger partial charge is 0.253 e. The summed E-state index contributed by atoms with van der Waals surface area (Å²) in [5, 5.41) is 3.20. The lowest BCUT2D eigenvalue weighted by atomic mass is 10.1. The van der Waals surface area contributed by atoms with E-state index in [4.69, 9.17) is 22.1 Å². The molecule has 110 valence electrons. The van der Waals surface area contributed by atoms with Crippen molar-refractivity contribution in [3.05, 3.63) is 64.2 Å². The number of anilines is 1. The Balaban J connectivity index is 2.07. The van der Waals surface area contributed by atoms with Crippen LogP contribution >= 0.6 is 11.6 Å². The van der Waals surface area contributed by atoms with Crippen molar-refractivity contribution in [3.63, 3.8) is 0 Å². The quantitative estimate of drug-likeness (QED) is 0.835. The molecule has 0 unspecified atom stereocenters. The first-order chi connectivity index (χ1) is 10.1. The van der Waals surface area contributed by atoms with Crippen LogP contribution in [-0.4, -0.2) is 13.0 Å². The van der Waals surface area contributed by atoms with Gasteiger partial charge in [0.15, 0.2) is 0 Å². The molecule has 0 aliphatic heterocycles. The van der Waals surface area contributed by atoms with Crippen LogP contribution in [0.15, 0.2) is 42.5 Å². The molecule has 3 N–H and O–H groups in total. The maximum atomic E-state index is 12.2. The second-order valence-corrected chi connectivity index (χ2v) is 5.03. The zero-order valence-corrected chi connectivity index (χ0v) is 12.5. The van der Waals surface area contributed by atoms with Gasteiger partial charge in [0.25, 0.3) is 5.91 Å². The molecule has 0 spiro atoms. The molecule has 21 heavy (non-hydrogen) atoms. The third-order valence-electron chi connectivity index (χ3n) is 3.10. The zero-order valence-electron chi connectivity index (χ0n) is 11.7. The van der Waals surface area contributed by atoms with Crippen molar-refractivity contribution in [2.45, 2.75) is 13.2 Å². The predicted octanol–water partition coefficient (Wildman–Crippen LogP) is 3.00. The Morgan fingerprint density at radius 3 is 2.62 bits per heavy atom. The van der Waals surface area contributed by atoms with Crippen molar-refractivity contribution in [2.75, 3.05) is 12.8 Å². The maximum Gasteiger partial charge on any atom is 0.253 e.